The van der Waals surface area contributed by atoms with Crippen molar-refractivity contribution in [3.63, 3.8) is 0 Å². The van der Waals surface area contributed by atoms with Gasteiger partial charge < -0.3 is 14.8 Å². The van der Waals surface area contributed by atoms with Gasteiger partial charge in [0, 0.05) is 10.9 Å². The summed E-state index contributed by atoms with van der Waals surface area (Å²) in [5, 5.41) is 3.85. The molecule has 144 valence electrons. The van der Waals surface area contributed by atoms with Crippen LogP contribution in [0.25, 0.3) is 10.9 Å². The smallest absolute Gasteiger partial charge is 0.256 e. The van der Waals surface area contributed by atoms with E-state index < -0.39 is 0 Å². The normalized spacial score (nSPS) is 10.5. The van der Waals surface area contributed by atoms with E-state index in [-0.39, 0.29) is 5.91 Å². The second kappa shape index (κ2) is 8.44. The van der Waals surface area contributed by atoms with Crippen LogP contribution in [0.15, 0.2) is 84.9 Å². The van der Waals surface area contributed by atoms with Crippen molar-refractivity contribution < 1.29 is 14.3 Å². The summed E-state index contributed by atoms with van der Waals surface area (Å²) >= 11 is 0. The Hall–Kier alpha value is -3.86. The number of anilines is 1. The van der Waals surface area contributed by atoms with Crippen molar-refractivity contribution in [2.45, 2.75) is 6.61 Å². The molecule has 0 aliphatic heterocycles. The van der Waals surface area contributed by atoms with E-state index in [2.05, 4.69) is 10.3 Å². The molecule has 0 atom stereocenters. The highest BCUT2D eigenvalue weighted by atomic mass is 16.5. The van der Waals surface area contributed by atoms with Crippen molar-refractivity contribution in [1.29, 1.82) is 0 Å². The van der Waals surface area contributed by atoms with Gasteiger partial charge in [0.1, 0.15) is 12.4 Å². The average molecular weight is 384 g/mol. The van der Waals surface area contributed by atoms with Crippen LogP contribution in [0.1, 0.15) is 15.9 Å². The van der Waals surface area contributed by atoms with Crippen LogP contribution in [-0.2, 0) is 6.61 Å². The molecule has 0 aliphatic rings. The van der Waals surface area contributed by atoms with Gasteiger partial charge in [-0.15, -0.1) is 0 Å². The number of aromatic nitrogens is 1. The zero-order chi connectivity index (χ0) is 20.1. The first-order valence-corrected chi connectivity index (χ1v) is 9.25. The molecule has 3 aromatic carbocycles. The van der Waals surface area contributed by atoms with Crippen molar-refractivity contribution in [3.8, 4) is 11.5 Å². The molecule has 5 nitrogen and oxygen atoms in total. The number of para-hydroxylation sites is 1. The summed E-state index contributed by atoms with van der Waals surface area (Å²) in [6, 6.07) is 26.5. The highest BCUT2D eigenvalue weighted by molar-refractivity contribution is 6.04. The average Bonchev–Trinajstić information content (AvgIpc) is 2.78. The zero-order valence-corrected chi connectivity index (χ0v) is 16.0. The SMILES string of the molecule is COc1cc(C(=O)Nc2ccc3ccccc3n2)ccc1OCc1ccccc1. The topological polar surface area (TPSA) is 60.5 Å². The van der Waals surface area contributed by atoms with Crippen molar-refractivity contribution in [1.82, 2.24) is 4.98 Å². The number of nitrogens with zero attached hydrogens (tertiary/aromatic N) is 1. The highest BCUT2D eigenvalue weighted by Gasteiger charge is 2.12. The summed E-state index contributed by atoms with van der Waals surface area (Å²) in [4.78, 5) is 17.1. The molecule has 0 radical (unpaired) electrons. The van der Waals surface area contributed by atoms with E-state index in [1.807, 2.05) is 60.7 Å². The monoisotopic (exact) mass is 384 g/mol. The molecule has 0 bridgehead atoms. The molecule has 0 aliphatic carbocycles. The maximum Gasteiger partial charge on any atom is 0.256 e. The van der Waals surface area contributed by atoms with Crippen LogP contribution in [0.3, 0.4) is 0 Å². The minimum absolute atomic E-state index is 0.263. The molecule has 29 heavy (non-hydrogen) atoms. The maximum atomic E-state index is 12.7. The number of methoxy groups -OCH3 is 1. The van der Waals surface area contributed by atoms with Gasteiger partial charge in [-0.1, -0.05) is 48.5 Å². The number of pyridine rings is 1. The Labute approximate surface area is 168 Å². The highest BCUT2D eigenvalue weighted by Crippen LogP contribution is 2.29. The number of fused-ring (bicyclic) bond motifs is 1. The molecule has 1 heterocycles. The van der Waals surface area contributed by atoms with Gasteiger partial charge in [-0.3, -0.25) is 4.79 Å². The van der Waals surface area contributed by atoms with Gasteiger partial charge in [-0.2, -0.15) is 0 Å². The van der Waals surface area contributed by atoms with E-state index in [1.165, 1.54) is 0 Å². The van der Waals surface area contributed by atoms with Crippen LogP contribution in [0.4, 0.5) is 5.82 Å². The van der Waals surface area contributed by atoms with Crippen LogP contribution in [-0.4, -0.2) is 18.0 Å². The van der Waals surface area contributed by atoms with Crippen LogP contribution in [0, 0.1) is 0 Å². The summed E-state index contributed by atoms with van der Waals surface area (Å²) < 4.78 is 11.3. The van der Waals surface area contributed by atoms with Gasteiger partial charge in [0.15, 0.2) is 11.5 Å². The number of hydrogen-bond donors (Lipinski definition) is 1. The number of rotatable bonds is 6. The molecule has 0 spiro atoms. The minimum Gasteiger partial charge on any atom is -0.493 e. The largest absolute Gasteiger partial charge is 0.493 e. The number of benzene rings is 3. The maximum absolute atomic E-state index is 12.7. The summed E-state index contributed by atoms with van der Waals surface area (Å²) in [6.07, 6.45) is 0. The lowest BCUT2D eigenvalue weighted by Gasteiger charge is -2.12. The molecular weight excluding hydrogens is 364 g/mol. The van der Waals surface area contributed by atoms with Gasteiger partial charge >= 0.3 is 0 Å². The van der Waals surface area contributed by atoms with Gasteiger partial charge in [0.2, 0.25) is 0 Å². The Balaban J connectivity index is 1.49. The van der Waals surface area contributed by atoms with Crippen LogP contribution < -0.4 is 14.8 Å². The van der Waals surface area contributed by atoms with Crippen molar-refractivity contribution in [2.24, 2.45) is 0 Å². The number of carbonyl (C=O) groups is 1. The van der Waals surface area contributed by atoms with Gasteiger partial charge in [0.05, 0.1) is 12.6 Å². The predicted octanol–water partition coefficient (Wildman–Crippen LogP) is 5.07. The fraction of sp³-hybridized carbons (Fsp3) is 0.0833. The van der Waals surface area contributed by atoms with Gasteiger partial charge in [-0.05, 0) is 42.0 Å². The zero-order valence-electron chi connectivity index (χ0n) is 16.0. The van der Waals surface area contributed by atoms with E-state index in [0.717, 1.165) is 16.5 Å². The summed E-state index contributed by atoms with van der Waals surface area (Å²) in [5.41, 5.74) is 2.34. The first kappa shape index (κ1) is 18.5. The molecule has 1 N–H and O–H groups in total. The van der Waals surface area contributed by atoms with Crippen molar-refractivity contribution >= 4 is 22.6 Å². The second-order valence-corrected chi connectivity index (χ2v) is 6.48. The Morgan fingerprint density at radius 1 is 0.897 bits per heavy atom. The number of carbonyl (C=O) groups excluding carboxylic acids is 1. The van der Waals surface area contributed by atoms with Crippen LogP contribution in [0.2, 0.25) is 0 Å². The fourth-order valence-electron chi connectivity index (χ4n) is 2.99. The van der Waals surface area contributed by atoms with E-state index in [1.54, 1.807) is 31.4 Å². The minimum atomic E-state index is -0.263. The Kier molecular flexibility index (Phi) is 5.38. The summed E-state index contributed by atoms with van der Waals surface area (Å²) in [5.74, 6) is 1.31. The molecule has 1 aromatic heterocycles. The van der Waals surface area contributed by atoms with Crippen molar-refractivity contribution in [2.75, 3.05) is 12.4 Å². The third kappa shape index (κ3) is 4.35. The van der Waals surface area contributed by atoms with Crippen LogP contribution >= 0.6 is 0 Å². The summed E-state index contributed by atoms with van der Waals surface area (Å²) in [6.45, 7) is 0.420. The first-order chi connectivity index (χ1) is 14.2. The third-order valence-electron chi connectivity index (χ3n) is 4.50. The number of nitrogens with one attached hydrogen (secondary N) is 1. The molecule has 5 heteroatoms. The number of ether oxygens (including phenoxy) is 2. The molecule has 0 saturated heterocycles. The first-order valence-electron chi connectivity index (χ1n) is 9.25. The molecular formula is C24H20N2O3. The fourth-order valence-corrected chi connectivity index (χ4v) is 2.99. The molecule has 4 aromatic rings. The number of hydrogen-bond acceptors (Lipinski definition) is 4. The molecule has 0 unspecified atom stereocenters. The molecule has 0 fully saturated rings. The molecule has 4 rings (SSSR count). The van der Waals surface area contributed by atoms with Crippen molar-refractivity contribution in [3.05, 3.63) is 96.1 Å². The lowest BCUT2D eigenvalue weighted by Crippen LogP contribution is -2.13. The second-order valence-electron chi connectivity index (χ2n) is 6.48. The number of amides is 1. The van der Waals surface area contributed by atoms with E-state index in [0.29, 0.717) is 29.5 Å². The van der Waals surface area contributed by atoms with E-state index >= 15 is 0 Å². The van der Waals surface area contributed by atoms with E-state index in [9.17, 15) is 4.79 Å². The van der Waals surface area contributed by atoms with Gasteiger partial charge in [0.25, 0.3) is 5.91 Å². The van der Waals surface area contributed by atoms with Gasteiger partial charge in [-0.25, -0.2) is 4.98 Å². The standard InChI is InChI=1S/C24H20N2O3/c1-28-22-15-19(11-13-21(22)29-16-17-7-3-2-4-8-17)24(27)26-23-14-12-18-9-5-6-10-20(18)25-23/h2-15H,16H2,1H3,(H,25,26,27). The lowest BCUT2D eigenvalue weighted by atomic mass is 10.1. The quantitative estimate of drug-likeness (QED) is 0.504. The molecule has 1 amide bonds. The Morgan fingerprint density at radius 3 is 2.52 bits per heavy atom. The third-order valence-corrected chi connectivity index (χ3v) is 4.50. The van der Waals surface area contributed by atoms with Crippen LogP contribution in [0.5, 0.6) is 11.5 Å². The summed E-state index contributed by atoms with van der Waals surface area (Å²) in [7, 11) is 1.55. The predicted molar refractivity (Wildman–Crippen MR) is 113 cm³/mol. The Morgan fingerprint density at radius 2 is 1.69 bits per heavy atom. The lowest BCUT2D eigenvalue weighted by molar-refractivity contribution is 0.102. The molecule has 0 saturated carbocycles. The Bertz CT molecular complexity index is 1140. The van der Waals surface area contributed by atoms with E-state index in [4.69, 9.17) is 9.47 Å².